The fourth-order valence-corrected chi connectivity index (χ4v) is 4.30. The minimum Gasteiger partial charge on any atom is -0.416 e. The van der Waals surface area contributed by atoms with Crippen molar-refractivity contribution in [2.24, 2.45) is 0 Å². The third-order valence-corrected chi connectivity index (χ3v) is 6.13. The molecule has 0 atom stereocenters. The van der Waals surface area contributed by atoms with Gasteiger partial charge in [0, 0.05) is 24.2 Å². The molecule has 27 heavy (non-hydrogen) atoms. The van der Waals surface area contributed by atoms with Crippen LogP contribution in [0, 0.1) is 5.82 Å². The first kappa shape index (κ1) is 17.8. The molecule has 4 rings (SSSR count). The molecule has 1 saturated heterocycles. The fraction of sp³-hybridized carbons (Fsp3) is 0.222. The van der Waals surface area contributed by atoms with Crippen molar-refractivity contribution >= 4 is 10.0 Å². The topological polar surface area (TPSA) is 85.5 Å². The summed E-state index contributed by atoms with van der Waals surface area (Å²) in [5.41, 5.74) is 1.07. The summed E-state index contributed by atoms with van der Waals surface area (Å²) in [7, 11) is -3.98. The van der Waals surface area contributed by atoms with E-state index in [-0.39, 0.29) is 32.2 Å². The SMILES string of the molecule is O=S(=O)(c1cc(-c2nnc(-c3ccccc3)o2)ccc1F)N1CCOCC1. The predicted molar refractivity (Wildman–Crippen MR) is 94.7 cm³/mol. The van der Waals surface area contributed by atoms with E-state index in [1.807, 2.05) is 30.3 Å². The van der Waals surface area contributed by atoms with Crippen LogP contribution < -0.4 is 0 Å². The van der Waals surface area contributed by atoms with Crippen LogP contribution in [0.1, 0.15) is 0 Å². The lowest BCUT2D eigenvalue weighted by atomic mass is 10.2. The van der Waals surface area contributed by atoms with Gasteiger partial charge in [0.2, 0.25) is 21.8 Å². The Labute approximate surface area is 155 Å². The maximum absolute atomic E-state index is 14.3. The van der Waals surface area contributed by atoms with Crippen LogP contribution in [0.25, 0.3) is 22.9 Å². The van der Waals surface area contributed by atoms with E-state index in [2.05, 4.69) is 10.2 Å². The van der Waals surface area contributed by atoms with Gasteiger partial charge in [-0.2, -0.15) is 4.31 Å². The predicted octanol–water partition coefficient (Wildman–Crippen LogP) is 2.56. The van der Waals surface area contributed by atoms with Crippen LogP contribution in [0.3, 0.4) is 0 Å². The first-order valence-corrected chi connectivity index (χ1v) is 9.76. The van der Waals surface area contributed by atoms with Gasteiger partial charge < -0.3 is 9.15 Å². The molecule has 0 saturated carbocycles. The van der Waals surface area contributed by atoms with Crippen LogP contribution in [-0.2, 0) is 14.8 Å². The van der Waals surface area contributed by atoms with E-state index in [1.165, 1.54) is 16.4 Å². The third kappa shape index (κ3) is 3.48. The molecule has 9 heteroatoms. The number of rotatable bonds is 4. The molecule has 0 aliphatic carbocycles. The van der Waals surface area contributed by atoms with Crippen molar-refractivity contribution < 1.29 is 22.0 Å². The molecule has 140 valence electrons. The maximum Gasteiger partial charge on any atom is 0.248 e. The molecule has 1 aliphatic heterocycles. The lowest BCUT2D eigenvalue weighted by Gasteiger charge is -2.26. The normalized spacial score (nSPS) is 15.7. The second-order valence-corrected chi connectivity index (χ2v) is 7.85. The monoisotopic (exact) mass is 389 g/mol. The van der Waals surface area contributed by atoms with Crippen LogP contribution in [0.2, 0.25) is 0 Å². The molecular weight excluding hydrogens is 373 g/mol. The zero-order valence-electron chi connectivity index (χ0n) is 14.2. The minimum absolute atomic E-state index is 0.118. The lowest BCUT2D eigenvalue weighted by Crippen LogP contribution is -2.40. The van der Waals surface area contributed by atoms with E-state index in [4.69, 9.17) is 9.15 Å². The standard InChI is InChI=1S/C18H16FN3O4S/c19-15-7-6-14(12-16(15)27(23,24)22-8-10-25-11-9-22)18-21-20-17(26-18)13-4-2-1-3-5-13/h1-7,12H,8-11H2. The molecule has 0 amide bonds. The van der Waals surface area contributed by atoms with E-state index in [1.54, 1.807) is 0 Å². The summed E-state index contributed by atoms with van der Waals surface area (Å²) < 4.78 is 51.9. The molecule has 2 aromatic carbocycles. The van der Waals surface area contributed by atoms with Crippen molar-refractivity contribution in [3.8, 4) is 22.9 Å². The zero-order valence-corrected chi connectivity index (χ0v) is 15.0. The highest BCUT2D eigenvalue weighted by molar-refractivity contribution is 7.89. The van der Waals surface area contributed by atoms with Crippen LogP contribution in [-0.4, -0.2) is 49.2 Å². The molecule has 1 fully saturated rings. The smallest absolute Gasteiger partial charge is 0.248 e. The molecular formula is C18H16FN3O4S. The molecule has 0 radical (unpaired) electrons. The first-order chi connectivity index (χ1) is 13.1. The number of sulfonamides is 1. The van der Waals surface area contributed by atoms with Crippen molar-refractivity contribution in [2.45, 2.75) is 4.90 Å². The Morgan fingerprint density at radius 2 is 1.59 bits per heavy atom. The molecule has 7 nitrogen and oxygen atoms in total. The molecule has 1 aromatic heterocycles. The molecule has 3 aromatic rings. The van der Waals surface area contributed by atoms with E-state index < -0.39 is 20.7 Å². The van der Waals surface area contributed by atoms with E-state index >= 15 is 0 Å². The summed E-state index contributed by atoms with van der Waals surface area (Å²) in [6.45, 7) is 0.935. The summed E-state index contributed by atoms with van der Waals surface area (Å²) in [5.74, 6) is -0.409. The Hall–Kier alpha value is -2.62. The van der Waals surface area contributed by atoms with Gasteiger partial charge in [-0.25, -0.2) is 12.8 Å². The largest absolute Gasteiger partial charge is 0.416 e. The van der Waals surface area contributed by atoms with Gasteiger partial charge in [-0.1, -0.05) is 18.2 Å². The molecule has 0 bridgehead atoms. The molecule has 0 N–H and O–H groups in total. The minimum atomic E-state index is -3.98. The van der Waals surface area contributed by atoms with Gasteiger partial charge in [-0.05, 0) is 30.3 Å². The van der Waals surface area contributed by atoms with Crippen LogP contribution in [0.5, 0.6) is 0 Å². The number of halogens is 1. The van der Waals surface area contributed by atoms with Crippen LogP contribution in [0.4, 0.5) is 4.39 Å². The Bertz CT molecular complexity index is 1050. The Morgan fingerprint density at radius 1 is 0.926 bits per heavy atom. The fourth-order valence-electron chi connectivity index (χ4n) is 2.80. The highest BCUT2D eigenvalue weighted by Gasteiger charge is 2.29. The van der Waals surface area contributed by atoms with Crippen molar-refractivity contribution in [1.82, 2.24) is 14.5 Å². The molecule has 0 unspecified atom stereocenters. The second-order valence-electron chi connectivity index (χ2n) is 5.94. The van der Waals surface area contributed by atoms with Crippen molar-refractivity contribution in [2.75, 3.05) is 26.3 Å². The van der Waals surface area contributed by atoms with Gasteiger partial charge in [0.25, 0.3) is 0 Å². The molecule has 0 spiro atoms. The summed E-state index contributed by atoms with van der Waals surface area (Å²) >= 11 is 0. The first-order valence-electron chi connectivity index (χ1n) is 8.32. The number of benzene rings is 2. The van der Waals surface area contributed by atoms with Crippen molar-refractivity contribution in [3.05, 3.63) is 54.3 Å². The van der Waals surface area contributed by atoms with Gasteiger partial charge in [0.1, 0.15) is 10.7 Å². The van der Waals surface area contributed by atoms with Gasteiger partial charge in [-0.3, -0.25) is 0 Å². The zero-order chi connectivity index (χ0) is 18.9. The van der Waals surface area contributed by atoms with Crippen molar-refractivity contribution in [1.29, 1.82) is 0 Å². The quantitative estimate of drug-likeness (QED) is 0.682. The van der Waals surface area contributed by atoms with Gasteiger partial charge in [0.15, 0.2) is 0 Å². The highest BCUT2D eigenvalue weighted by Crippen LogP contribution is 2.28. The number of hydrogen-bond acceptors (Lipinski definition) is 6. The summed E-state index contributed by atoms with van der Waals surface area (Å²) in [6, 6.07) is 12.9. The summed E-state index contributed by atoms with van der Waals surface area (Å²) in [5, 5.41) is 7.94. The van der Waals surface area contributed by atoms with Gasteiger partial charge in [0.05, 0.1) is 13.2 Å². The van der Waals surface area contributed by atoms with Crippen LogP contribution >= 0.6 is 0 Å². The second kappa shape index (κ2) is 7.18. The Kier molecular flexibility index (Phi) is 4.73. The van der Waals surface area contributed by atoms with Gasteiger partial charge in [-0.15, -0.1) is 10.2 Å². The molecule has 1 aliphatic rings. The van der Waals surface area contributed by atoms with E-state index in [0.717, 1.165) is 11.6 Å². The highest BCUT2D eigenvalue weighted by atomic mass is 32.2. The van der Waals surface area contributed by atoms with E-state index in [9.17, 15) is 12.8 Å². The average molecular weight is 389 g/mol. The molecule has 2 heterocycles. The number of morpholine rings is 1. The maximum atomic E-state index is 14.3. The van der Waals surface area contributed by atoms with Gasteiger partial charge >= 0.3 is 0 Å². The van der Waals surface area contributed by atoms with Crippen LogP contribution in [0.15, 0.2) is 57.8 Å². The Morgan fingerprint density at radius 3 is 2.30 bits per heavy atom. The van der Waals surface area contributed by atoms with Crippen molar-refractivity contribution in [3.63, 3.8) is 0 Å². The number of ether oxygens (including phenoxy) is 1. The average Bonchev–Trinajstić information content (AvgIpc) is 3.20. The number of aromatic nitrogens is 2. The summed E-state index contributed by atoms with van der Waals surface area (Å²) in [4.78, 5) is -0.415. The number of hydrogen-bond donors (Lipinski definition) is 0. The lowest BCUT2D eigenvalue weighted by molar-refractivity contribution is 0.0729. The Balaban J connectivity index is 1.70. The third-order valence-electron chi connectivity index (χ3n) is 4.21. The summed E-state index contributed by atoms with van der Waals surface area (Å²) in [6.07, 6.45) is 0. The number of nitrogens with zero attached hydrogens (tertiary/aromatic N) is 3. The van der Waals surface area contributed by atoms with E-state index in [0.29, 0.717) is 11.5 Å².